The van der Waals surface area contributed by atoms with Crippen LogP contribution in [0.25, 0.3) is 0 Å². The summed E-state index contributed by atoms with van der Waals surface area (Å²) in [4.78, 5) is 22.5. The molecule has 7 nitrogen and oxygen atoms in total. The SMILES string of the molecule is Cc1csc(Sc2ccc(NS(=O)(=O)c3c[nH]c(C(=O)N4CCCC4)c3)c(C)c2)n1. The summed E-state index contributed by atoms with van der Waals surface area (Å²) in [7, 11) is -3.81. The standard InChI is InChI=1S/C20H22N4O3S3/c1-13-9-15(29-20-22-14(2)12-28-20)5-6-17(13)23-30(26,27)16-10-18(21-11-16)19(25)24-7-3-4-8-24/h5-6,9-12,21,23H,3-4,7-8H2,1-2H3. The van der Waals surface area contributed by atoms with Gasteiger partial charge in [-0.15, -0.1) is 11.3 Å². The molecule has 4 rings (SSSR count). The average Bonchev–Trinajstić information content (AvgIpc) is 3.45. The molecule has 0 unspecified atom stereocenters. The van der Waals surface area contributed by atoms with Crippen LogP contribution in [-0.2, 0) is 10.0 Å². The van der Waals surface area contributed by atoms with Crippen molar-refractivity contribution in [3.63, 3.8) is 0 Å². The second-order valence-electron chi connectivity index (χ2n) is 7.19. The van der Waals surface area contributed by atoms with Crippen molar-refractivity contribution in [2.24, 2.45) is 0 Å². The number of sulfonamides is 1. The number of likely N-dealkylation sites (tertiary alicyclic amines) is 1. The summed E-state index contributed by atoms with van der Waals surface area (Å²) >= 11 is 3.13. The van der Waals surface area contributed by atoms with Gasteiger partial charge in [-0.2, -0.15) is 0 Å². The van der Waals surface area contributed by atoms with Gasteiger partial charge in [0.2, 0.25) is 0 Å². The van der Waals surface area contributed by atoms with E-state index in [0.29, 0.717) is 24.5 Å². The second kappa shape index (κ2) is 8.44. The third-order valence-electron chi connectivity index (χ3n) is 4.84. The first-order valence-corrected chi connectivity index (χ1v) is 12.7. The van der Waals surface area contributed by atoms with E-state index in [4.69, 9.17) is 0 Å². The van der Waals surface area contributed by atoms with E-state index in [-0.39, 0.29) is 10.8 Å². The van der Waals surface area contributed by atoms with Crippen LogP contribution in [0, 0.1) is 13.8 Å². The molecule has 0 aliphatic carbocycles. The van der Waals surface area contributed by atoms with Gasteiger partial charge < -0.3 is 9.88 Å². The average molecular weight is 463 g/mol. The molecule has 1 amide bonds. The van der Waals surface area contributed by atoms with Gasteiger partial charge in [0.1, 0.15) is 10.6 Å². The molecule has 10 heteroatoms. The fourth-order valence-electron chi connectivity index (χ4n) is 3.24. The van der Waals surface area contributed by atoms with E-state index < -0.39 is 10.0 Å². The van der Waals surface area contributed by atoms with Crippen molar-refractivity contribution in [2.75, 3.05) is 17.8 Å². The minimum atomic E-state index is -3.81. The molecule has 1 fully saturated rings. The molecule has 158 valence electrons. The Morgan fingerprint density at radius 1 is 1.23 bits per heavy atom. The van der Waals surface area contributed by atoms with Crippen LogP contribution in [-0.4, -0.2) is 42.3 Å². The number of benzene rings is 1. The summed E-state index contributed by atoms with van der Waals surface area (Å²) in [6.45, 7) is 5.23. The van der Waals surface area contributed by atoms with Crippen LogP contribution in [0.3, 0.4) is 0 Å². The first-order valence-electron chi connectivity index (χ1n) is 9.53. The number of nitrogens with zero attached hydrogens (tertiary/aromatic N) is 2. The number of anilines is 1. The lowest BCUT2D eigenvalue weighted by Gasteiger charge is -2.13. The van der Waals surface area contributed by atoms with Crippen LogP contribution in [0.15, 0.2) is 50.0 Å². The van der Waals surface area contributed by atoms with Crippen LogP contribution in [0.5, 0.6) is 0 Å². The van der Waals surface area contributed by atoms with Gasteiger partial charge in [-0.05, 0) is 56.5 Å². The molecule has 1 saturated heterocycles. The molecular weight excluding hydrogens is 440 g/mol. The largest absolute Gasteiger partial charge is 0.356 e. The van der Waals surface area contributed by atoms with Crippen LogP contribution >= 0.6 is 23.1 Å². The maximum atomic E-state index is 12.8. The number of H-pyrrole nitrogens is 1. The van der Waals surface area contributed by atoms with E-state index >= 15 is 0 Å². The van der Waals surface area contributed by atoms with Crippen molar-refractivity contribution in [1.82, 2.24) is 14.9 Å². The van der Waals surface area contributed by atoms with E-state index in [1.54, 1.807) is 34.1 Å². The predicted molar refractivity (Wildman–Crippen MR) is 119 cm³/mol. The Morgan fingerprint density at radius 3 is 2.67 bits per heavy atom. The number of carbonyl (C=O) groups is 1. The third kappa shape index (κ3) is 4.55. The normalized spacial score (nSPS) is 14.3. The lowest BCUT2D eigenvalue weighted by Crippen LogP contribution is -2.27. The number of rotatable bonds is 6. The second-order valence-corrected chi connectivity index (χ2v) is 11.0. The zero-order valence-corrected chi connectivity index (χ0v) is 19.1. The zero-order valence-electron chi connectivity index (χ0n) is 16.6. The summed E-state index contributed by atoms with van der Waals surface area (Å²) in [5.74, 6) is -0.163. The van der Waals surface area contributed by atoms with Crippen molar-refractivity contribution in [3.05, 3.63) is 52.8 Å². The van der Waals surface area contributed by atoms with Crippen LogP contribution in [0.2, 0.25) is 0 Å². The third-order valence-corrected chi connectivity index (χ3v) is 8.23. The topological polar surface area (TPSA) is 95.2 Å². The molecule has 3 heterocycles. The molecule has 1 aliphatic rings. The molecule has 0 spiro atoms. The lowest BCUT2D eigenvalue weighted by molar-refractivity contribution is 0.0787. The summed E-state index contributed by atoms with van der Waals surface area (Å²) in [6.07, 6.45) is 3.32. The van der Waals surface area contributed by atoms with Gasteiger partial charge in [0, 0.05) is 35.3 Å². The fourth-order valence-corrected chi connectivity index (χ4v) is 6.27. The number of aromatic amines is 1. The highest BCUT2D eigenvalue weighted by atomic mass is 32.2. The Bertz CT molecular complexity index is 1180. The number of nitrogens with one attached hydrogen (secondary N) is 2. The lowest BCUT2D eigenvalue weighted by atomic mass is 10.2. The minimum absolute atomic E-state index is 0.0427. The van der Waals surface area contributed by atoms with Gasteiger partial charge in [0.05, 0.1) is 5.69 Å². The zero-order chi connectivity index (χ0) is 21.3. The van der Waals surface area contributed by atoms with E-state index in [1.807, 2.05) is 31.4 Å². The van der Waals surface area contributed by atoms with Gasteiger partial charge in [0.15, 0.2) is 4.34 Å². The highest BCUT2D eigenvalue weighted by Crippen LogP contribution is 2.33. The Morgan fingerprint density at radius 2 is 2.00 bits per heavy atom. The number of amides is 1. The molecule has 2 N–H and O–H groups in total. The number of hydrogen-bond donors (Lipinski definition) is 2. The van der Waals surface area contributed by atoms with Gasteiger partial charge >= 0.3 is 0 Å². The molecule has 0 atom stereocenters. The van der Waals surface area contributed by atoms with Gasteiger partial charge in [-0.25, -0.2) is 13.4 Å². The predicted octanol–water partition coefficient (Wildman–Crippen LogP) is 4.28. The van der Waals surface area contributed by atoms with E-state index in [0.717, 1.165) is 33.3 Å². The summed E-state index contributed by atoms with van der Waals surface area (Å²) in [5, 5.41) is 2.00. The van der Waals surface area contributed by atoms with E-state index in [1.165, 1.54) is 12.3 Å². The van der Waals surface area contributed by atoms with Crippen LogP contribution in [0.1, 0.15) is 34.6 Å². The highest BCUT2D eigenvalue weighted by molar-refractivity contribution is 8.01. The molecule has 3 aromatic rings. The highest BCUT2D eigenvalue weighted by Gasteiger charge is 2.24. The first kappa shape index (κ1) is 21.0. The number of hydrogen-bond acceptors (Lipinski definition) is 6. The summed E-state index contributed by atoms with van der Waals surface area (Å²) < 4.78 is 29.2. The molecule has 1 aromatic carbocycles. The summed E-state index contributed by atoms with van der Waals surface area (Å²) in [6, 6.07) is 6.94. The molecule has 0 bridgehead atoms. The molecule has 1 aliphatic heterocycles. The number of carbonyl (C=O) groups excluding carboxylic acids is 1. The molecule has 30 heavy (non-hydrogen) atoms. The monoisotopic (exact) mass is 462 g/mol. The molecule has 0 radical (unpaired) electrons. The van der Waals surface area contributed by atoms with Gasteiger partial charge in [-0.1, -0.05) is 11.8 Å². The Kier molecular flexibility index (Phi) is 5.90. The quantitative estimate of drug-likeness (QED) is 0.570. The van der Waals surface area contributed by atoms with Crippen molar-refractivity contribution in [2.45, 2.75) is 40.8 Å². The Labute approximate surface area is 184 Å². The Balaban J connectivity index is 1.48. The maximum absolute atomic E-state index is 12.8. The number of thiazole rings is 1. The van der Waals surface area contributed by atoms with Crippen LogP contribution < -0.4 is 4.72 Å². The summed E-state index contributed by atoms with van der Waals surface area (Å²) in [5.41, 5.74) is 2.58. The van der Waals surface area contributed by atoms with Crippen molar-refractivity contribution in [3.8, 4) is 0 Å². The van der Waals surface area contributed by atoms with E-state index in [9.17, 15) is 13.2 Å². The number of aryl methyl sites for hydroxylation is 2. The molecule has 2 aromatic heterocycles. The van der Waals surface area contributed by atoms with E-state index in [2.05, 4.69) is 14.7 Å². The smallest absolute Gasteiger partial charge is 0.270 e. The first-order chi connectivity index (χ1) is 14.3. The van der Waals surface area contributed by atoms with Crippen molar-refractivity contribution in [1.29, 1.82) is 0 Å². The Hall–Kier alpha value is -2.30. The number of aromatic nitrogens is 2. The maximum Gasteiger partial charge on any atom is 0.270 e. The molecule has 0 saturated carbocycles. The molecular formula is C20H22N4O3S3. The minimum Gasteiger partial charge on any atom is -0.356 e. The fraction of sp³-hybridized carbons (Fsp3) is 0.300. The van der Waals surface area contributed by atoms with Crippen LogP contribution in [0.4, 0.5) is 5.69 Å². The van der Waals surface area contributed by atoms with Gasteiger partial charge in [0.25, 0.3) is 15.9 Å². The van der Waals surface area contributed by atoms with Crippen molar-refractivity contribution >= 4 is 44.7 Å². The van der Waals surface area contributed by atoms with Crippen molar-refractivity contribution < 1.29 is 13.2 Å². The van der Waals surface area contributed by atoms with Gasteiger partial charge in [-0.3, -0.25) is 9.52 Å².